The number of aromatic nitrogens is 2. The number of aryl methyl sites for hydroxylation is 1. The maximum absolute atomic E-state index is 11.4. The zero-order valence-electron chi connectivity index (χ0n) is 10.0. The molecule has 1 heterocycles. The molecule has 1 aromatic carbocycles. The van der Waals surface area contributed by atoms with Gasteiger partial charge in [0, 0.05) is 11.0 Å². The lowest BCUT2D eigenvalue weighted by molar-refractivity contribution is -0.117. The summed E-state index contributed by atoms with van der Waals surface area (Å²) in [7, 11) is 0. The van der Waals surface area contributed by atoms with E-state index in [1.54, 1.807) is 6.92 Å². The molecule has 1 amide bonds. The average molecular weight is 229 g/mol. The van der Waals surface area contributed by atoms with Crippen molar-refractivity contribution in [3.8, 4) is 0 Å². The van der Waals surface area contributed by atoms with E-state index in [0.29, 0.717) is 12.1 Å². The molecule has 4 nitrogen and oxygen atoms in total. The first kappa shape index (κ1) is 11.4. The van der Waals surface area contributed by atoms with Gasteiger partial charge in [0.2, 0.25) is 5.91 Å². The summed E-state index contributed by atoms with van der Waals surface area (Å²) in [5.41, 5.74) is 3.50. The number of rotatable bonds is 3. The van der Waals surface area contributed by atoms with Crippen molar-refractivity contribution < 1.29 is 4.79 Å². The van der Waals surface area contributed by atoms with Crippen LogP contribution in [0.5, 0.6) is 0 Å². The topological polar surface area (TPSA) is 57.8 Å². The Morgan fingerprint density at radius 2 is 2.29 bits per heavy atom. The van der Waals surface area contributed by atoms with E-state index in [9.17, 15) is 4.79 Å². The highest BCUT2D eigenvalue weighted by atomic mass is 16.1. The van der Waals surface area contributed by atoms with Gasteiger partial charge in [-0.25, -0.2) is 0 Å². The summed E-state index contributed by atoms with van der Waals surface area (Å²) in [6.45, 7) is 7.75. The van der Waals surface area contributed by atoms with E-state index in [1.165, 1.54) is 5.56 Å². The van der Waals surface area contributed by atoms with Crippen LogP contribution < -0.4 is 5.32 Å². The van der Waals surface area contributed by atoms with E-state index >= 15 is 0 Å². The molecule has 0 saturated heterocycles. The Kier molecular flexibility index (Phi) is 2.95. The van der Waals surface area contributed by atoms with Crippen molar-refractivity contribution >= 4 is 16.8 Å². The molecular formula is C13H15N3O. The summed E-state index contributed by atoms with van der Waals surface area (Å²) in [6.07, 6.45) is 0. The van der Waals surface area contributed by atoms with Gasteiger partial charge in [0.05, 0.1) is 17.8 Å². The Morgan fingerprint density at radius 1 is 1.53 bits per heavy atom. The number of fused-ring (bicyclic) bond motifs is 1. The fraction of sp³-hybridized carbons (Fsp3) is 0.231. The van der Waals surface area contributed by atoms with Crippen LogP contribution in [0.3, 0.4) is 0 Å². The number of hydrogen-bond donors (Lipinski definition) is 2. The van der Waals surface area contributed by atoms with Crippen molar-refractivity contribution in [2.24, 2.45) is 0 Å². The predicted molar refractivity (Wildman–Crippen MR) is 67.5 cm³/mol. The quantitative estimate of drug-likeness (QED) is 0.791. The van der Waals surface area contributed by atoms with Crippen LogP contribution in [-0.4, -0.2) is 16.1 Å². The lowest BCUT2D eigenvalue weighted by Gasteiger charge is -2.03. The molecule has 0 radical (unpaired) electrons. The fourth-order valence-electron chi connectivity index (χ4n) is 1.63. The third kappa shape index (κ3) is 2.36. The van der Waals surface area contributed by atoms with Crippen LogP contribution in [0.25, 0.3) is 10.9 Å². The van der Waals surface area contributed by atoms with Gasteiger partial charge >= 0.3 is 0 Å². The molecule has 88 valence electrons. The Labute approximate surface area is 99.7 Å². The molecule has 2 aromatic rings. The third-order valence-corrected chi connectivity index (χ3v) is 2.60. The lowest BCUT2D eigenvalue weighted by Crippen LogP contribution is -2.23. The molecular weight excluding hydrogens is 214 g/mol. The number of aromatic amines is 1. The zero-order valence-corrected chi connectivity index (χ0v) is 10.0. The number of carbonyl (C=O) groups excluding carboxylic acids is 1. The summed E-state index contributed by atoms with van der Waals surface area (Å²) in [6, 6.07) is 6.03. The summed E-state index contributed by atoms with van der Waals surface area (Å²) < 4.78 is 0. The number of H-pyrrole nitrogens is 1. The van der Waals surface area contributed by atoms with Gasteiger partial charge in [-0.05, 0) is 26.0 Å². The average Bonchev–Trinajstić information content (AvgIpc) is 2.68. The van der Waals surface area contributed by atoms with Crippen molar-refractivity contribution in [3.63, 3.8) is 0 Å². The minimum Gasteiger partial charge on any atom is -0.347 e. The van der Waals surface area contributed by atoms with Gasteiger partial charge in [0.25, 0.3) is 0 Å². The van der Waals surface area contributed by atoms with E-state index in [1.807, 2.05) is 19.1 Å². The lowest BCUT2D eigenvalue weighted by atomic mass is 10.1. The molecule has 0 aliphatic carbocycles. The molecule has 0 saturated carbocycles. The summed E-state index contributed by atoms with van der Waals surface area (Å²) in [5.74, 6) is -0.139. The largest absolute Gasteiger partial charge is 0.347 e. The number of hydrogen-bond acceptors (Lipinski definition) is 2. The van der Waals surface area contributed by atoms with Crippen LogP contribution in [0.15, 0.2) is 30.4 Å². The van der Waals surface area contributed by atoms with Gasteiger partial charge in [0.15, 0.2) is 0 Å². The second-order valence-corrected chi connectivity index (χ2v) is 4.19. The summed E-state index contributed by atoms with van der Waals surface area (Å²) >= 11 is 0. The maximum Gasteiger partial charge on any atom is 0.246 e. The number of nitrogens with zero attached hydrogens (tertiary/aromatic N) is 1. The first-order chi connectivity index (χ1) is 8.08. The highest BCUT2D eigenvalue weighted by Gasteiger charge is 2.07. The highest BCUT2D eigenvalue weighted by Crippen LogP contribution is 2.17. The van der Waals surface area contributed by atoms with E-state index in [-0.39, 0.29) is 5.91 Å². The van der Waals surface area contributed by atoms with Crippen molar-refractivity contribution in [2.45, 2.75) is 20.4 Å². The smallest absolute Gasteiger partial charge is 0.246 e. The molecule has 0 unspecified atom stereocenters. The first-order valence-electron chi connectivity index (χ1n) is 5.45. The van der Waals surface area contributed by atoms with Crippen LogP contribution in [0.4, 0.5) is 0 Å². The van der Waals surface area contributed by atoms with Gasteiger partial charge in [0.1, 0.15) is 0 Å². The molecule has 2 rings (SSSR count). The molecule has 0 aliphatic heterocycles. The fourth-order valence-corrected chi connectivity index (χ4v) is 1.63. The molecule has 17 heavy (non-hydrogen) atoms. The normalized spacial score (nSPS) is 10.5. The number of carbonyl (C=O) groups is 1. The van der Waals surface area contributed by atoms with Crippen LogP contribution >= 0.6 is 0 Å². The minimum absolute atomic E-state index is 0.139. The number of amides is 1. The van der Waals surface area contributed by atoms with Crippen molar-refractivity contribution in [2.75, 3.05) is 0 Å². The van der Waals surface area contributed by atoms with E-state index in [4.69, 9.17) is 0 Å². The van der Waals surface area contributed by atoms with Gasteiger partial charge in [-0.2, -0.15) is 5.10 Å². The van der Waals surface area contributed by atoms with E-state index in [0.717, 1.165) is 16.6 Å². The molecule has 0 spiro atoms. The third-order valence-electron chi connectivity index (χ3n) is 2.60. The Hall–Kier alpha value is -2.10. The van der Waals surface area contributed by atoms with Gasteiger partial charge in [-0.3, -0.25) is 9.89 Å². The second-order valence-electron chi connectivity index (χ2n) is 4.19. The standard InChI is InChI=1S/C13H15N3O/c1-8(2)13(17)14-7-12-10-6-9(3)4-5-11(10)15-16-12/h4-6H,1,7H2,2-3H3,(H,14,17)(H,15,16). The Bertz CT molecular complexity index is 583. The summed E-state index contributed by atoms with van der Waals surface area (Å²) in [4.78, 5) is 11.4. The molecule has 2 N–H and O–H groups in total. The molecule has 4 heteroatoms. The predicted octanol–water partition coefficient (Wildman–Crippen LogP) is 2.06. The van der Waals surface area contributed by atoms with Crippen LogP contribution in [-0.2, 0) is 11.3 Å². The molecule has 0 fully saturated rings. The van der Waals surface area contributed by atoms with Crippen LogP contribution in [0.1, 0.15) is 18.2 Å². The Balaban J connectivity index is 2.22. The highest BCUT2D eigenvalue weighted by molar-refractivity contribution is 5.92. The monoisotopic (exact) mass is 229 g/mol. The Morgan fingerprint density at radius 3 is 3.00 bits per heavy atom. The first-order valence-corrected chi connectivity index (χ1v) is 5.45. The number of benzene rings is 1. The van der Waals surface area contributed by atoms with Crippen molar-refractivity contribution in [3.05, 3.63) is 41.6 Å². The molecule has 0 bridgehead atoms. The maximum atomic E-state index is 11.4. The van der Waals surface area contributed by atoms with Crippen LogP contribution in [0, 0.1) is 6.92 Å². The van der Waals surface area contributed by atoms with Crippen molar-refractivity contribution in [1.29, 1.82) is 0 Å². The van der Waals surface area contributed by atoms with E-state index < -0.39 is 0 Å². The minimum atomic E-state index is -0.139. The van der Waals surface area contributed by atoms with Crippen molar-refractivity contribution in [1.82, 2.24) is 15.5 Å². The number of nitrogens with one attached hydrogen (secondary N) is 2. The SMILES string of the molecule is C=C(C)C(=O)NCc1[nH]nc2ccc(C)cc12. The molecule has 1 aromatic heterocycles. The van der Waals surface area contributed by atoms with Crippen LogP contribution in [0.2, 0.25) is 0 Å². The second kappa shape index (κ2) is 4.41. The van der Waals surface area contributed by atoms with Gasteiger partial charge in [-0.15, -0.1) is 0 Å². The summed E-state index contributed by atoms with van der Waals surface area (Å²) in [5, 5.41) is 11.0. The van der Waals surface area contributed by atoms with Gasteiger partial charge in [-0.1, -0.05) is 18.2 Å². The van der Waals surface area contributed by atoms with Gasteiger partial charge < -0.3 is 5.32 Å². The molecule has 0 aliphatic rings. The zero-order chi connectivity index (χ0) is 12.4. The van der Waals surface area contributed by atoms with E-state index in [2.05, 4.69) is 28.2 Å². The molecule has 0 atom stereocenters.